The van der Waals surface area contributed by atoms with Gasteiger partial charge in [0, 0.05) is 14.1 Å². The van der Waals surface area contributed by atoms with Gasteiger partial charge in [0.15, 0.2) is 0 Å². The van der Waals surface area contributed by atoms with Gasteiger partial charge in [0.2, 0.25) is 0 Å². The molecule has 3 aromatic rings. The molecule has 0 amide bonds. The molecule has 0 saturated carbocycles. The predicted molar refractivity (Wildman–Crippen MR) is 93.0 cm³/mol. The van der Waals surface area contributed by atoms with Crippen molar-refractivity contribution in [3.63, 3.8) is 0 Å². The molecule has 21 heavy (non-hydrogen) atoms. The maximum atomic E-state index is 4.60. The zero-order valence-electron chi connectivity index (χ0n) is 11.7. The van der Waals surface area contributed by atoms with Gasteiger partial charge in [0.1, 0.15) is 0 Å². The Labute approximate surface area is 126 Å². The van der Waals surface area contributed by atoms with Crippen LogP contribution in [0.25, 0.3) is 6.08 Å². The summed E-state index contributed by atoms with van der Waals surface area (Å²) < 4.78 is 0. The normalized spacial score (nSPS) is 11.8. The number of aromatic nitrogens is 1. The first-order valence-corrected chi connectivity index (χ1v) is 8.22. The summed E-state index contributed by atoms with van der Waals surface area (Å²) >= 11 is 0. The van der Waals surface area contributed by atoms with Crippen LogP contribution in [0.3, 0.4) is 0 Å². The smallest absolute Gasteiger partial charge is 0.0721 e. The van der Waals surface area contributed by atoms with Gasteiger partial charge in [-0.1, -0.05) is 73.3 Å². The topological polar surface area (TPSA) is 12.9 Å². The van der Waals surface area contributed by atoms with Gasteiger partial charge in [0.25, 0.3) is 0 Å². The first kappa shape index (κ1) is 13.7. The number of hydrogen-bond acceptors (Lipinski definition) is 1. The lowest BCUT2D eigenvalue weighted by Gasteiger charge is -2.20. The van der Waals surface area contributed by atoms with Crippen LogP contribution in [0.5, 0.6) is 0 Å². The highest BCUT2D eigenvalue weighted by Crippen LogP contribution is 2.33. The van der Waals surface area contributed by atoms with E-state index in [0.717, 1.165) is 5.44 Å². The van der Waals surface area contributed by atoms with E-state index in [-0.39, 0.29) is 0 Å². The zero-order valence-corrected chi connectivity index (χ0v) is 12.6. The maximum Gasteiger partial charge on any atom is 0.0721 e. The minimum atomic E-state index is -0.655. The largest absolute Gasteiger partial charge is 0.256 e. The van der Waals surface area contributed by atoms with E-state index in [2.05, 4.69) is 78.3 Å². The van der Waals surface area contributed by atoms with Gasteiger partial charge in [-0.15, -0.1) is 0 Å². The minimum Gasteiger partial charge on any atom is -0.256 e. The lowest BCUT2D eigenvalue weighted by atomic mass is 10.2. The quantitative estimate of drug-likeness (QED) is 0.670. The van der Waals surface area contributed by atoms with Gasteiger partial charge >= 0.3 is 0 Å². The molecule has 0 bridgehead atoms. The average molecular weight is 289 g/mol. The first-order chi connectivity index (χ1) is 10.4. The summed E-state index contributed by atoms with van der Waals surface area (Å²) in [6.07, 6.45) is 3.79. The summed E-state index contributed by atoms with van der Waals surface area (Å²) in [4.78, 5) is 4.60. The van der Waals surface area contributed by atoms with Crippen LogP contribution >= 0.6 is 7.92 Å². The van der Waals surface area contributed by atoms with Crippen LogP contribution in [0.1, 0.15) is 5.56 Å². The van der Waals surface area contributed by atoms with E-state index in [4.69, 9.17) is 0 Å². The molecule has 1 aromatic heterocycles. The fourth-order valence-electron chi connectivity index (χ4n) is 2.32. The fourth-order valence-corrected chi connectivity index (χ4v) is 4.66. The second kappa shape index (κ2) is 6.47. The van der Waals surface area contributed by atoms with E-state index in [1.807, 2.05) is 18.3 Å². The van der Waals surface area contributed by atoms with Crippen LogP contribution in [-0.4, -0.2) is 4.98 Å². The van der Waals surface area contributed by atoms with Gasteiger partial charge in [-0.05, 0) is 28.3 Å². The number of benzene rings is 2. The third-order valence-corrected chi connectivity index (χ3v) is 5.72. The summed E-state index contributed by atoms with van der Waals surface area (Å²) in [7, 11) is -0.655. The van der Waals surface area contributed by atoms with E-state index in [1.54, 1.807) is 0 Å². The Balaban J connectivity index is 2.20. The molecule has 1 nitrogen and oxygen atoms in total. The Morgan fingerprint density at radius 2 is 1.52 bits per heavy atom. The monoisotopic (exact) mass is 289 g/mol. The standard InChI is InChI=1S/C19H16NP/c1-2-16-10-6-7-13-18(16)21(17-11-4-3-5-12-17)19-14-8-9-15-20-19/h2-15H,1H2. The number of rotatable bonds is 4. The molecule has 0 N–H and O–H groups in total. The second-order valence-electron chi connectivity index (χ2n) is 4.62. The predicted octanol–water partition coefficient (Wildman–Crippen LogP) is 3.48. The highest BCUT2D eigenvalue weighted by Gasteiger charge is 2.19. The Kier molecular flexibility index (Phi) is 4.23. The molecule has 2 aromatic carbocycles. The van der Waals surface area contributed by atoms with Crippen LogP contribution in [0.2, 0.25) is 0 Å². The van der Waals surface area contributed by atoms with Gasteiger partial charge < -0.3 is 0 Å². The SMILES string of the molecule is C=Cc1ccccc1P(c1ccccc1)c1ccccn1. The zero-order chi connectivity index (χ0) is 14.5. The second-order valence-corrected chi connectivity index (χ2v) is 6.75. The van der Waals surface area contributed by atoms with Crippen LogP contribution in [-0.2, 0) is 0 Å². The van der Waals surface area contributed by atoms with Gasteiger partial charge in [0.05, 0.1) is 5.44 Å². The molecule has 0 radical (unpaired) electrons. The molecule has 0 saturated heterocycles. The fraction of sp³-hybridized carbons (Fsp3) is 0. The van der Waals surface area contributed by atoms with Crippen molar-refractivity contribution in [2.75, 3.05) is 0 Å². The molecule has 1 atom stereocenters. The van der Waals surface area contributed by atoms with Crippen LogP contribution < -0.4 is 16.0 Å². The summed E-state index contributed by atoms with van der Waals surface area (Å²) in [5, 5.41) is 2.60. The molecule has 0 aliphatic carbocycles. The number of nitrogens with zero attached hydrogens (tertiary/aromatic N) is 1. The van der Waals surface area contributed by atoms with E-state index in [1.165, 1.54) is 16.2 Å². The molecular formula is C19H16NP. The average Bonchev–Trinajstić information content (AvgIpc) is 2.58. The van der Waals surface area contributed by atoms with Crippen LogP contribution in [0.15, 0.2) is 85.6 Å². The van der Waals surface area contributed by atoms with E-state index < -0.39 is 7.92 Å². The van der Waals surface area contributed by atoms with Gasteiger partial charge in [-0.2, -0.15) is 0 Å². The molecule has 0 spiro atoms. The van der Waals surface area contributed by atoms with Gasteiger partial charge in [-0.3, -0.25) is 4.98 Å². The van der Waals surface area contributed by atoms with Crippen LogP contribution in [0.4, 0.5) is 0 Å². The lowest BCUT2D eigenvalue weighted by molar-refractivity contribution is 1.39. The first-order valence-electron chi connectivity index (χ1n) is 6.88. The summed E-state index contributed by atoms with van der Waals surface area (Å²) in [6.45, 7) is 3.95. The summed E-state index contributed by atoms with van der Waals surface area (Å²) in [5.74, 6) is 0. The Hall–Kier alpha value is -2.24. The third-order valence-electron chi connectivity index (χ3n) is 3.29. The molecular weight excluding hydrogens is 273 g/mol. The third kappa shape index (κ3) is 2.94. The molecule has 1 heterocycles. The Morgan fingerprint density at radius 3 is 2.24 bits per heavy atom. The molecule has 3 rings (SSSR count). The molecule has 102 valence electrons. The minimum absolute atomic E-state index is 0.655. The summed E-state index contributed by atoms with van der Waals surface area (Å²) in [5.41, 5.74) is 2.30. The van der Waals surface area contributed by atoms with E-state index >= 15 is 0 Å². The molecule has 0 fully saturated rings. The van der Waals surface area contributed by atoms with E-state index in [0.29, 0.717) is 0 Å². The van der Waals surface area contributed by atoms with Crippen molar-refractivity contribution in [1.29, 1.82) is 0 Å². The highest BCUT2D eigenvalue weighted by atomic mass is 31.1. The molecule has 2 heteroatoms. The molecule has 0 aliphatic rings. The van der Waals surface area contributed by atoms with Crippen LogP contribution in [0, 0.1) is 0 Å². The molecule has 0 aliphatic heterocycles. The van der Waals surface area contributed by atoms with Crippen molar-refractivity contribution in [2.24, 2.45) is 0 Å². The molecule has 1 unspecified atom stereocenters. The number of pyridine rings is 1. The maximum absolute atomic E-state index is 4.60. The van der Waals surface area contributed by atoms with Gasteiger partial charge in [-0.25, -0.2) is 0 Å². The lowest BCUT2D eigenvalue weighted by Crippen LogP contribution is -2.24. The van der Waals surface area contributed by atoms with Crippen molar-refractivity contribution in [3.05, 3.63) is 91.1 Å². The Bertz CT molecular complexity index is 683. The van der Waals surface area contributed by atoms with Crippen molar-refractivity contribution in [3.8, 4) is 0 Å². The van der Waals surface area contributed by atoms with Crippen molar-refractivity contribution in [2.45, 2.75) is 0 Å². The highest BCUT2D eigenvalue weighted by molar-refractivity contribution is 7.79. The van der Waals surface area contributed by atoms with Crippen molar-refractivity contribution in [1.82, 2.24) is 4.98 Å². The summed E-state index contributed by atoms with van der Waals surface area (Å²) in [6, 6.07) is 25.1. The van der Waals surface area contributed by atoms with Crippen molar-refractivity contribution < 1.29 is 0 Å². The van der Waals surface area contributed by atoms with E-state index in [9.17, 15) is 0 Å². The van der Waals surface area contributed by atoms with Crippen molar-refractivity contribution >= 4 is 30.0 Å². The Morgan fingerprint density at radius 1 is 0.810 bits per heavy atom. The number of hydrogen-bond donors (Lipinski definition) is 0.